The number of rotatable bonds is 3. The van der Waals surface area contributed by atoms with Gasteiger partial charge in [0.25, 0.3) is 0 Å². The summed E-state index contributed by atoms with van der Waals surface area (Å²) >= 11 is 0. The van der Waals surface area contributed by atoms with Crippen LogP contribution in [0.4, 0.5) is 0 Å². The Morgan fingerprint density at radius 1 is 1.47 bits per heavy atom. The van der Waals surface area contributed by atoms with Gasteiger partial charge in [0.1, 0.15) is 5.82 Å². The van der Waals surface area contributed by atoms with E-state index >= 15 is 0 Å². The predicted octanol–water partition coefficient (Wildman–Crippen LogP) is 2.28. The molecule has 1 atom stereocenters. The molecule has 0 fully saturated rings. The van der Waals surface area contributed by atoms with Crippen molar-refractivity contribution in [1.82, 2.24) is 9.97 Å². The lowest BCUT2D eigenvalue weighted by atomic mass is 10.0. The molecule has 0 aromatic carbocycles. The van der Waals surface area contributed by atoms with Crippen molar-refractivity contribution in [3.8, 4) is 0 Å². The lowest BCUT2D eigenvalue weighted by molar-refractivity contribution is 0.0212. The Labute approximate surface area is 90.9 Å². The van der Waals surface area contributed by atoms with Crippen molar-refractivity contribution in [2.24, 2.45) is 0 Å². The molecule has 1 aliphatic rings. The Balaban J connectivity index is 2.16. The average molecular weight is 206 g/mol. The molecule has 3 heteroatoms. The van der Waals surface area contributed by atoms with Crippen molar-refractivity contribution < 1.29 is 4.74 Å². The van der Waals surface area contributed by atoms with Crippen LogP contribution in [0.1, 0.15) is 43.8 Å². The first-order valence-electron chi connectivity index (χ1n) is 5.78. The molecular formula is C12H18N2O. The maximum atomic E-state index is 5.74. The van der Waals surface area contributed by atoms with Gasteiger partial charge in [-0.15, -0.1) is 0 Å². The fourth-order valence-electron chi connectivity index (χ4n) is 1.94. The van der Waals surface area contributed by atoms with E-state index < -0.39 is 0 Å². The van der Waals surface area contributed by atoms with Gasteiger partial charge in [-0.2, -0.15) is 0 Å². The van der Waals surface area contributed by atoms with E-state index in [1.807, 2.05) is 6.20 Å². The Morgan fingerprint density at radius 3 is 3.07 bits per heavy atom. The molecule has 1 unspecified atom stereocenters. The van der Waals surface area contributed by atoms with E-state index in [1.165, 1.54) is 17.7 Å². The summed E-state index contributed by atoms with van der Waals surface area (Å²) in [5.74, 6) is 0.950. The summed E-state index contributed by atoms with van der Waals surface area (Å²) in [7, 11) is 0. The summed E-state index contributed by atoms with van der Waals surface area (Å²) in [6, 6.07) is 0. The zero-order valence-electron chi connectivity index (χ0n) is 9.49. The number of aromatic nitrogens is 2. The van der Waals surface area contributed by atoms with Crippen LogP contribution in [0.15, 0.2) is 6.20 Å². The second-order valence-corrected chi connectivity index (χ2v) is 4.04. The number of hydrogen-bond acceptors (Lipinski definition) is 3. The van der Waals surface area contributed by atoms with Gasteiger partial charge in [-0.25, -0.2) is 9.97 Å². The minimum absolute atomic E-state index is 0.363. The third-order valence-corrected chi connectivity index (χ3v) is 2.83. The highest BCUT2D eigenvalue weighted by Gasteiger charge is 2.20. The van der Waals surface area contributed by atoms with E-state index in [0.717, 1.165) is 25.1 Å². The first-order valence-corrected chi connectivity index (χ1v) is 5.78. The molecule has 15 heavy (non-hydrogen) atoms. The molecule has 3 nitrogen and oxygen atoms in total. The van der Waals surface area contributed by atoms with Crippen LogP contribution < -0.4 is 0 Å². The molecule has 1 aromatic rings. The van der Waals surface area contributed by atoms with Gasteiger partial charge in [0.15, 0.2) is 0 Å². The lowest BCUT2D eigenvalue weighted by Crippen LogP contribution is -2.24. The maximum absolute atomic E-state index is 5.74. The van der Waals surface area contributed by atoms with E-state index in [4.69, 9.17) is 4.74 Å². The molecule has 1 aliphatic heterocycles. The average Bonchev–Trinajstić information content (AvgIpc) is 2.28. The summed E-state index contributed by atoms with van der Waals surface area (Å²) in [6.45, 7) is 4.96. The fourth-order valence-corrected chi connectivity index (χ4v) is 1.94. The quantitative estimate of drug-likeness (QED) is 0.761. The molecule has 0 radical (unpaired) electrons. The predicted molar refractivity (Wildman–Crippen MR) is 58.6 cm³/mol. The Morgan fingerprint density at radius 2 is 2.33 bits per heavy atom. The summed E-state index contributed by atoms with van der Waals surface area (Å²) in [5, 5.41) is 0. The second-order valence-electron chi connectivity index (χ2n) is 4.04. The minimum Gasteiger partial charge on any atom is -0.373 e. The minimum atomic E-state index is 0.363. The highest BCUT2D eigenvalue weighted by atomic mass is 16.5. The van der Waals surface area contributed by atoms with Gasteiger partial charge < -0.3 is 4.74 Å². The van der Waals surface area contributed by atoms with Gasteiger partial charge in [0.05, 0.1) is 18.4 Å². The van der Waals surface area contributed by atoms with Crippen LogP contribution in [0.2, 0.25) is 0 Å². The van der Waals surface area contributed by atoms with Gasteiger partial charge in [-0.3, -0.25) is 0 Å². The van der Waals surface area contributed by atoms with Crippen molar-refractivity contribution in [3.63, 3.8) is 0 Å². The van der Waals surface area contributed by atoms with Crippen LogP contribution >= 0.6 is 0 Å². The summed E-state index contributed by atoms with van der Waals surface area (Å²) in [6.07, 6.45) is 6.45. The SMILES string of the molecule is CCCC1Cc2nc(CC)ncc2CO1. The molecule has 0 saturated heterocycles. The van der Waals surface area contributed by atoms with Gasteiger partial charge in [0, 0.05) is 24.6 Å². The molecule has 1 aromatic heterocycles. The third kappa shape index (κ3) is 2.34. The summed E-state index contributed by atoms with van der Waals surface area (Å²) in [5.41, 5.74) is 2.37. The number of hydrogen-bond donors (Lipinski definition) is 0. The van der Waals surface area contributed by atoms with Crippen LogP contribution in [0.5, 0.6) is 0 Å². The molecule has 2 heterocycles. The fraction of sp³-hybridized carbons (Fsp3) is 0.667. The van der Waals surface area contributed by atoms with Gasteiger partial charge in [-0.05, 0) is 6.42 Å². The van der Waals surface area contributed by atoms with E-state index in [9.17, 15) is 0 Å². The summed E-state index contributed by atoms with van der Waals surface area (Å²) < 4.78 is 5.74. The number of ether oxygens (including phenoxy) is 1. The monoisotopic (exact) mass is 206 g/mol. The Bertz CT molecular complexity index is 338. The van der Waals surface area contributed by atoms with Crippen LogP contribution in [0, 0.1) is 0 Å². The van der Waals surface area contributed by atoms with Crippen LogP contribution in [-0.4, -0.2) is 16.1 Å². The third-order valence-electron chi connectivity index (χ3n) is 2.83. The topological polar surface area (TPSA) is 35.0 Å². The van der Waals surface area contributed by atoms with Crippen molar-refractivity contribution in [1.29, 1.82) is 0 Å². The van der Waals surface area contributed by atoms with Gasteiger partial charge in [-0.1, -0.05) is 20.3 Å². The van der Waals surface area contributed by atoms with Gasteiger partial charge in [0.2, 0.25) is 0 Å². The molecule has 0 amide bonds. The standard InChI is InChI=1S/C12H18N2O/c1-3-5-10-6-11-9(8-15-10)7-13-12(4-2)14-11/h7,10H,3-6,8H2,1-2H3. The zero-order chi connectivity index (χ0) is 10.7. The van der Waals surface area contributed by atoms with Crippen molar-refractivity contribution in [2.45, 2.75) is 52.2 Å². The maximum Gasteiger partial charge on any atom is 0.128 e. The highest BCUT2D eigenvalue weighted by molar-refractivity contribution is 5.19. The number of aryl methyl sites for hydroxylation is 1. The zero-order valence-corrected chi connectivity index (χ0v) is 9.49. The largest absolute Gasteiger partial charge is 0.373 e. The second kappa shape index (κ2) is 4.71. The molecule has 0 N–H and O–H groups in total. The highest BCUT2D eigenvalue weighted by Crippen LogP contribution is 2.20. The van der Waals surface area contributed by atoms with Crippen molar-refractivity contribution in [2.75, 3.05) is 0 Å². The normalized spacial score (nSPS) is 20.0. The number of nitrogens with zero attached hydrogens (tertiary/aromatic N) is 2. The first kappa shape index (κ1) is 10.6. The molecule has 82 valence electrons. The van der Waals surface area contributed by atoms with Crippen LogP contribution in [0.3, 0.4) is 0 Å². The first-order chi connectivity index (χ1) is 7.33. The molecule has 0 bridgehead atoms. The Kier molecular flexibility index (Phi) is 3.31. The van der Waals surface area contributed by atoms with E-state index in [2.05, 4.69) is 23.8 Å². The molecule has 2 rings (SSSR count). The van der Waals surface area contributed by atoms with Crippen molar-refractivity contribution in [3.05, 3.63) is 23.3 Å². The smallest absolute Gasteiger partial charge is 0.128 e. The van der Waals surface area contributed by atoms with Crippen LogP contribution in [-0.2, 0) is 24.2 Å². The van der Waals surface area contributed by atoms with E-state index in [-0.39, 0.29) is 0 Å². The summed E-state index contributed by atoms with van der Waals surface area (Å²) in [4.78, 5) is 8.86. The van der Waals surface area contributed by atoms with Crippen LogP contribution in [0.25, 0.3) is 0 Å². The van der Waals surface area contributed by atoms with E-state index in [1.54, 1.807) is 0 Å². The molecule has 0 saturated carbocycles. The van der Waals surface area contributed by atoms with Gasteiger partial charge >= 0.3 is 0 Å². The molecular weight excluding hydrogens is 188 g/mol. The van der Waals surface area contributed by atoms with Crippen molar-refractivity contribution >= 4 is 0 Å². The lowest BCUT2D eigenvalue weighted by Gasteiger charge is -2.24. The Hall–Kier alpha value is -0.960. The van der Waals surface area contributed by atoms with E-state index in [0.29, 0.717) is 12.7 Å². The molecule has 0 aliphatic carbocycles. The molecule has 0 spiro atoms. The number of fused-ring (bicyclic) bond motifs is 1.